The number of rotatable bonds is 3. The second-order valence-electron chi connectivity index (χ2n) is 3.37. The molecule has 5 heteroatoms. The van der Waals surface area contributed by atoms with E-state index in [-0.39, 0.29) is 0 Å². The van der Waals surface area contributed by atoms with Gasteiger partial charge in [-0.15, -0.1) is 0 Å². The molecule has 0 amide bonds. The zero-order valence-corrected chi connectivity index (χ0v) is 8.83. The molecule has 15 heavy (non-hydrogen) atoms. The smallest absolute Gasteiger partial charge is 0.153 e. The first-order valence-corrected chi connectivity index (χ1v) is 4.91. The molecule has 0 fully saturated rings. The first-order valence-electron chi connectivity index (χ1n) is 4.91. The van der Waals surface area contributed by atoms with Crippen LogP contribution in [-0.4, -0.2) is 24.4 Å². The van der Waals surface area contributed by atoms with Crippen molar-refractivity contribution < 1.29 is 5.11 Å². The fraction of sp³-hybridized carbons (Fsp3) is 0.400. The summed E-state index contributed by atoms with van der Waals surface area (Å²) in [5.41, 5.74) is 0.770. The normalized spacial score (nSPS) is 13.0. The molecule has 1 N–H and O–H groups in total. The van der Waals surface area contributed by atoms with Gasteiger partial charge in [-0.05, 0) is 13.0 Å². The summed E-state index contributed by atoms with van der Waals surface area (Å²) in [6.07, 6.45) is 4.45. The Morgan fingerprint density at radius 1 is 1.47 bits per heavy atom. The number of hydrogen-bond donors (Lipinski definition) is 1. The van der Waals surface area contributed by atoms with Crippen LogP contribution in [0.1, 0.15) is 24.5 Å². The van der Waals surface area contributed by atoms with Gasteiger partial charge in [0.2, 0.25) is 0 Å². The number of aliphatic hydroxyl groups excluding tert-OH is 1. The lowest BCUT2D eigenvalue weighted by Crippen LogP contribution is -2.12. The highest BCUT2D eigenvalue weighted by Gasteiger charge is 2.18. The van der Waals surface area contributed by atoms with E-state index in [9.17, 15) is 5.11 Å². The van der Waals surface area contributed by atoms with Gasteiger partial charge < -0.3 is 9.67 Å². The standard InChI is InChI=1S/C10H14N4O/c1-3-14-8(4-5-12-14)9(15)10-11-6-7-13(10)2/h4-7,9,15H,3H2,1-2H3. The number of nitrogens with zero attached hydrogens (tertiary/aromatic N) is 4. The molecule has 1 atom stereocenters. The number of aryl methyl sites for hydroxylation is 2. The van der Waals surface area contributed by atoms with Crippen molar-refractivity contribution >= 4 is 0 Å². The minimum Gasteiger partial charge on any atom is -0.379 e. The molecule has 0 bridgehead atoms. The highest BCUT2D eigenvalue weighted by molar-refractivity contribution is 5.14. The van der Waals surface area contributed by atoms with Crippen molar-refractivity contribution in [3.05, 3.63) is 36.2 Å². The van der Waals surface area contributed by atoms with Crippen LogP contribution in [0.2, 0.25) is 0 Å². The van der Waals surface area contributed by atoms with E-state index in [1.54, 1.807) is 21.6 Å². The largest absolute Gasteiger partial charge is 0.379 e. The Hall–Kier alpha value is -1.62. The first kappa shape index (κ1) is 9.92. The van der Waals surface area contributed by atoms with Crippen LogP contribution in [0.3, 0.4) is 0 Å². The molecule has 1 unspecified atom stereocenters. The highest BCUT2D eigenvalue weighted by Crippen LogP contribution is 2.19. The van der Waals surface area contributed by atoms with E-state index < -0.39 is 6.10 Å². The lowest BCUT2D eigenvalue weighted by molar-refractivity contribution is 0.194. The Morgan fingerprint density at radius 2 is 2.27 bits per heavy atom. The van der Waals surface area contributed by atoms with E-state index in [0.717, 1.165) is 12.2 Å². The van der Waals surface area contributed by atoms with Gasteiger partial charge in [0.25, 0.3) is 0 Å². The molecule has 2 rings (SSSR count). The molecule has 0 aromatic carbocycles. The van der Waals surface area contributed by atoms with Gasteiger partial charge in [-0.3, -0.25) is 4.68 Å². The molecule has 80 valence electrons. The predicted molar refractivity (Wildman–Crippen MR) is 55.2 cm³/mol. The van der Waals surface area contributed by atoms with Crippen molar-refractivity contribution in [2.24, 2.45) is 7.05 Å². The van der Waals surface area contributed by atoms with Crippen molar-refractivity contribution in [3.63, 3.8) is 0 Å². The van der Waals surface area contributed by atoms with Crippen LogP contribution < -0.4 is 0 Å². The summed E-state index contributed by atoms with van der Waals surface area (Å²) in [5, 5.41) is 14.2. The average molecular weight is 206 g/mol. The molecule has 0 radical (unpaired) electrons. The van der Waals surface area contributed by atoms with Crippen molar-refractivity contribution in [2.45, 2.75) is 19.6 Å². The molecule has 5 nitrogen and oxygen atoms in total. The van der Waals surface area contributed by atoms with Crippen molar-refractivity contribution in [2.75, 3.05) is 0 Å². The minimum absolute atomic E-state index is 0.630. The predicted octanol–water partition coefficient (Wildman–Crippen LogP) is 0.718. The third-order valence-electron chi connectivity index (χ3n) is 2.43. The van der Waals surface area contributed by atoms with Crippen LogP contribution in [-0.2, 0) is 13.6 Å². The summed E-state index contributed by atoms with van der Waals surface area (Å²) in [7, 11) is 1.86. The second-order valence-corrected chi connectivity index (χ2v) is 3.37. The molecule has 0 saturated carbocycles. The summed E-state index contributed by atoms with van der Waals surface area (Å²) in [4.78, 5) is 4.12. The number of hydrogen-bond acceptors (Lipinski definition) is 3. The monoisotopic (exact) mass is 206 g/mol. The van der Waals surface area contributed by atoms with E-state index in [0.29, 0.717) is 5.82 Å². The van der Waals surface area contributed by atoms with Gasteiger partial charge in [-0.2, -0.15) is 5.10 Å². The first-order chi connectivity index (χ1) is 7.24. The quantitative estimate of drug-likeness (QED) is 0.805. The third-order valence-corrected chi connectivity index (χ3v) is 2.43. The highest BCUT2D eigenvalue weighted by atomic mass is 16.3. The lowest BCUT2D eigenvalue weighted by Gasteiger charge is -2.11. The number of imidazole rings is 1. The third kappa shape index (κ3) is 1.66. The summed E-state index contributed by atoms with van der Waals surface area (Å²) in [6.45, 7) is 2.73. The van der Waals surface area contributed by atoms with Crippen molar-refractivity contribution in [1.29, 1.82) is 0 Å². The van der Waals surface area contributed by atoms with Crippen LogP contribution >= 0.6 is 0 Å². The van der Waals surface area contributed by atoms with Gasteiger partial charge in [0.15, 0.2) is 6.10 Å². The summed E-state index contributed by atoms with van der Waals surface area (Å²) in [6, 6.07) is 1.81. The van der Waals surface area contributed by atoms with E-state index in [1.165, 1.54) is 0 Å². The Kier molecular flexibility index (Phi) is 2.55. The molecule has 0 aliphatic rings. The Morgan fingerprint density at radius 3 is 2.87 bits per heavy atom. The van der Waals surface area contributed by atoms with Crippen LogP contribution in [0, 0.1) is 0 Å². The Bertz CT molecular complexity index is 446. The zero-order valence-electron chi connectivity index (χ0n) is 8.83. The van der Waals surface area contributed by atoms with Crippen molar-refractivity contribution in [3.8, 4) is 0 Å². The van der Waals surface area contributed by atoms with Gasteiger partial charge in [0.1, 0.15) is 5.82 Å². The maximum Gasteiger partial charge on any atom is 0.153 e. The average Bonchev–Trinajstić information content (AvgIpc) is 2.84. The van der Waals surface area contributed by atoms with Gasteiger partial charge in [0.05, 0.1) is 5.69 Å². The number of aliphatic hydroxyl groups is 1. The van der Waals surface area contributed by atoms with Gasteiger partial charge >= 0.3 is 0 Å². The van der Waals surface area contributed by atoms with Gasteiger partial charge in [0, 0.05) is 32.2 Å². The molecule has 2 aromatic heterocycles. The Balaban J connectivity index is 2.36. The maximum absolute atomic E-state index is 10.1. The Labute approximate surface area is 88.0 Å². The molecule has 0 spiro atoms. The fourth-order valence-electron chi connectivity index (χ4n) is 1.61. The molecule has 0 aliphatic heterocycles. The zero-order chi connectivity index (χ0) is 10.8. The van der Waals surface area contributed by atoms with Crippen LogP contribution in [0.5, 0.6) is 0 Å². The second kappa shape index (κ2) is 3.86. The molecule has 2 aromatic rings. The fourth-order valence-corrected chi connectivity index (χ4v) is 1.61. The molecule has 0 aliphatic carbocycles. The van der Waals surface area contributed by atoms with Gasteiger partial charge in [-0.1, -0.05) is 0 Å². The molecular weight excluding hydrogens is 192 g/mol. The van der Waals surface area contributed by atoms with Gasteiger partial charge in [-0.25, -0.2) is 4.98 Å². The maximum atomic E-state index is 10.1. The van der Waals surface area contributed by atoms with Crippen LogP contribution in [0.4, 0.5) is 0 Å². The molecule has 0 saturated heterocycles. The van der Waals surface area contributed by atoms with Crippen LogP contribution in [0.25, 0.3) is 0 Å². The lowest BCUT2D eigenvalue weighted by atomic mass is 10.2. The van der Waals surface area contributed by atoms with E-state index in [4.69, 9.17) is 0 Å². The van der Waals surface area contributed by atoms with Crippen molar-refractivity contribution in [1.82, 2.24) is 19.3 Å². The van der Waals surface area contributed by atoms with Crippen LogP contribution in [0.15, 0.2) is 24.7 Å². The summed E-state index contributed by atoms with van der Waals surface area (Å²) in [5.74, 6) is 0.630. The van der Waals surface area contributed by atoms with E-state index >= 15 is 0 Å². The topological polar surface area (TPSA) is 55.9 Å². The minimum atomic E-state index is -0.715. The summed E-state index contributed by atoms with van der Waals surface area (Å²) < 4.78 is 3.57. The van der Waals surface area contributed by atoms with E-state index in [2.05, 4.69) is 10.1 Å². The SMILES string of the molecule is CCn1nccc1C(O)c1nccn1C. The molecule has 2 heterocycles. The number of aromatic nitrogens is 4. The van der Waals surface area contributed by atoms with E-state index in [1.807, 2.05) is 26.2 Å². The molecular formula is C10H14N4O. The summed E-state index contributed by atoms with van der Waals surface area (Å²) >= 11 is 0.